The molecule has 2 aromatic carbocycles. The van der Waals surface area contributed by atoms with Crippen molar-refractivity contribution in [1.29, 1.82) is 0 Å². The summed E-state index contributed by atoms with van der Waals surface area (Å²) >= 11 is 1.54. The number of likely N-dealkylation sites (tertiary alicyclic amines) is 1. The van der Waals surface area contributed by atoms with Crippen molar-refractivity contribution in [3.8, 4) is 0 Å². The molecular formula is C20H20F3NO2S. The van der Waals surface area contributed by atoms with Gasteiger partial charge in [-0.3, -0.25) is 9.69 Å². The molecule has 2 unspecified atom stereocenters. The van der Waals surface area contributed by atoms with Crippen molar-refractivity contribution in [2.45, 2.75) is 36.0 Å². The summed E-state index contributed by atoms with van der Waals surface area (Å²) in [5.74, 6) is -0.997. The fourth-order valence-electron chi connectivity index (χ4n) is 3.69. The molecule has 7 heteroatoms. The van der Waals surface area contributed by atoms with E-state index in [9.17, 15) is 23.1 Å². The number of alkyl halides is 3. The molecule has 0 amide bonds. The van der Waals surface area contributed by atoms with Crippen LogP contribution >= 0.6 is 11.8 Å². The topological polar surface area (TPSA) is 40.5 Å². The standard InChI is InChI=1S/C20H20F3NO2S/c1-27-14-10-8-13(9-11-14)18(24-12-4-7-17(24)19(25)26)15-5-2-3-6-16(15)20(21,22)23/h2-3,5-6,8-11,17-18H,4,7,12H2,1H3,(H,25,26). The summed E-state index contributed by atoms with van der Waals surface area (Å²) in [5.41, 5.74) is 0.0349. The number of hydrogen-bond acceptors (Lipinski definition) is 3. The molecule has 144 valence electrons. The Morgan fingerprint density at radius 1 is 1.19 bits per heavy atom. The van der Waals surface area contributed by atoms with E-state index in [1.54, 1.807) is 34.9 Å². The molecular weight excluding hydrogens is 375 g/mol. The molecule has 0 saturated carbocycles. The first-order chi connectivity index (χ1) is 12.8. The number of benzene rings is 2. The number of carbonyl (C=O) groups is 1. The summed E-state index contributed by atoms with van der Waals surface area (Å²) in [4.78, 5) is 14.4. The Kier molecular flexibility index (Phi) is 5.81. The van der Waals surface area contributed by atoms with Crippen LogP contribution in [0.1, 0.15) is 35.6 Å². The molecule has 0 aliphatic carbocycles. The first-order valence-electron chi connectivity index (χ1n) is 8.61. The number of aliphatic carboxylic acids is 1. The Balaban J connectivity index is 2.15. The molecule has 1 heterocycles. The van der Waals surface area contributed by atoms with Gasteiger partial charge in [0.05, 0.1) is 11.6 Å². The molecule has 0 bridgehead atoms. The van der Waals surface area contributed by atoms with Gasteiger partial charge in [0.2, 0.25) is 0 Å². The second kappa shape index (κ2) is 7.94. The molecule has 1 fully saturated rings. The Labute approximate surface area is 160 Å². The van der Waals surface area contributed by atoms with Gasteiger partial charge >= 0.3 is 12.1 Å². The van der Waals surface area contributed by atoms with E-state index in [-0.39, 0.29) is 5.56 Å². The van der Waals surface area contributed by atoms with Gasteiger partial charge in [0.15, 0.2) is 0 Å². The Morgan fingerprint density at radius 3 is 2.44 bits per heavy atom. The van der Waals surface area contributed by atoms with Crippen molar-refractivity contribution >= 4 is 17.7 Å². The van der Waals surface area contributed by atoms with Crippen LogP contribution in [-0.4, -0.2) is 34.8 Å². The van der Waals surface area contributed by atoms with Crippen molar-refractivity contribution in [3.63, 3.8) is 0 Å². The highest BCUT2D eigenvalue weighted by atomic mass is 32.2. The van der Waals surface area contributed by atoms with Crippen LogP contribution in [0.3, 0.4) is 0 Å². The normalized spacial score (nSPS) is 19.2. The van der Waals surface area contributed by atoms with Crippen molar-refractivity contribution in [2.24, 2.45) is 0 Å². The van der Waals surface area contributed by atoms with Gasteiger partial charge in [-0.25, -0.2) is 0 Å². The lowest BCUT2D eigenvalue weighted by Crippen LogP contribution is -2.39. The van der Waals surface area contributed by atoms with Gasteiger partial charge in [-0.2, -0.15) is 13.2 Å². The summed E-state index contributed by atoms with van der Waals surface area (Å²) in [6.45, 7) is 0.443. The van der Waals surface area contributed by atoms with E-state index in [0.29, 0.717) is 24.9 Å². The zero-order valence-corrected chi connectivity index (χ0v) is 15.6. The predicted octanol–water partition coefficient (Wildman–Crippen LogP) is 5.07. The maximum atomic E-state index is 13.6. The third-order valence-corrected chi connectivity index (χ3v) is 5.65. The smallest absolute Gasteiger partial charge is 0.416 e. The molecule has 2 aromatic rings. The lowest BCUT2D eigenvalue weighted by molar-refractivity contribution is -0.143. The zero-order chi connectivity index (χ0) is 19.6. The molecule has 1 aliphatic rings. The van der Waals surface area contributed by atoms with Gasteiger partial charge in [0.1, 0.15) is 6.04 Å². The van der Waals surface area contributed by atoms with Crippen LogP contribution < -0.4 is 0 Å². The summed E-state index contributed by atoms with van der Waals surface area (Å²) in [7, 11) is 0. The molecule has 27 heavy (non-hydrogen) atoms. The van der Waals surface area contributed by atoms with E-state index >= 15 is 0 Å². The second-order valence-corrected chi connectivity index (χ2v) is 7.37. The lowest BCUT2D eigenvalue weighted by Gasteiger charge is -2.33. The highest BCUT2D eigenvalue weighted by Crippen LogP contribution is 2.41. The quantitative estimate of drug-likeness (QED) is 0.718. The average Bonchev–Trinajstić information content (AvgIpc) is 3.12. The fourth-order valence-corrected chi connectivity index (χ4v) is 4.10. The molecule has 0 aromatic heterocycles. The maximum Gasteiger partial charge on any atom is 0.416 e. The molecule has 2 atom stereocenters. The third-order valence-electron chi connectivity index (χ3n) is 4.90. The number of hydrogen-bond donors (Lipinski definition) is 1. The van der Waals surface area contributed by atoms with Crippen molar-refractivity contribution < 1.29 is 23.1 Å². The lowest BCUT2D eigenvalue weighted by atomic mass is 9.92. The molecule has 3 nitrogen and oxygen atoms in total. The van der Waals surface area contributed by atoms with E-state index in [0.717, 1.165) is 11.0 Å². The van der Waals surface area contributed by atoms with E-state index in [1.165, 1.54) is 12.1 Å². The van der Waals surface area contributed by atoms with Crippen molar-refractivity contribution in [3.05, 3.63) is 65.2 Å². The monoisotopic (exact) mass is 395 g/mol. The third kappa shape index (κ3) is 4.14. The van der Waals surface area contributed by atoms with Gasteiger partial charge in [0, 0.05) is 11.4 Å². The van der Waals surface area contributed by atoms with Crippen LogP contribution in [0.5, 0.6) is 0 Å². The molecule has 1 aliphatic heterocycles. The van der Waals surface area contributed by atoms with Crippen LogP contribution in [0, 0.1) is 0 Å². The fraction of sp³-hybridized carbons (Fsp3) is 0.350. The van der Waals surface area contributed by atoms with Crippen LogP contribution in [0.2, 0.25) is 0 Å². The minimum Gasteiger partial charge on any atom is -0.480 e. The van der Waals surface area contributed by atoms with Crippen molar-refractivity contribution in [1.82, 2.24) is 4.90 Å². The first-order valence-corrected chi connectivity index (χ1v) is 9.84. The Hall–Kier alpha value is -1.99. The number of nitrogens with zero attached hydrogens (tertiary/aromatic N) is 1. The minimum atomic E-state index is -4.51. The summed E-state index contributed by atoms with van der Waals surface area (Å²) in [6, 6.07) is 11.2. The SMILES string of the molecule is CSc1ccc(C(c2ccccc2C(F)(F)F)N2CCCC2C(=O)O)cc1. The summed E-state index contributed by atoms with van der Waals surface area (Å²) < 4.78 is 40.9. The van der Waals surface area contributed by atoms with Crippen molar-refractivity contribution in [2.75, 3.05) is 12.8 Å². The van der Waals surface area contributed by atoms with E-state index in [2.05, 4.69) is 0 Å². The number of carboxylic acid groups (broad SMARTS) is 1. The van der Waals surface area contributed by atoms with E-state index in [4.69, 9.17) is 0 Å². The molecule has 3 rings (SSSR count). The van der Waals surface area contributed by atoms with E-state index < -0.39 is 29.8 Å². The van der Waals surface area contributed by atoms with Gasteiger partial charge in [-0.1, -0.05) is 30.3 Å². The number of halogens is 3. The highest BCUT2D eigenvalue weighted by molar-refractivity contribution is 7.98. The van der Waals surface area contributed by atoms with Crippen LogP contribution in [0.4, 0.5) is 13.2 Å². The second-order valence-electron chi connectivity index (χ2n) is 6.49. The average molecular weight is 395 g/mol. The summed E-state index contributed by atoms with van der Waals surface area (Å²) in [6.07, 6.45) is -1.51. The predicted molar refractivity (Wildman–Crippen MR) is 98.9 cm³/mol. The largest absolute Gasteiger partial charge is 0.480 e. The molecule has 0 spiro atoms. The molecule has 0 radical (unpaired) electrons. The number of thioether (sulfide) groups is 1. The van der Waals surface area contributed by atoms with Gasteiger partial charge in [-0.15, -0.1) is 11.8 Å². The zero-order valence-electron chi connectivity index (χ0n) is 14.7. The van der Waals surface area contributed by atoms with Gasteiger partial charge in [-0.05, 0) is 48.4 Å². The minimum absolute atomic E-state index is 0.0926. The van der Waals surface area contributed by atoms with E-state index in [1.807, 2.05) is 18.4 Å². The number of carboxylic acids is 1. The summed E-state index contributed by atoms with van der Waals surface area (Å²) in [5, 5.41) is 9.57. The Bertz CT molecular complexity index is 808. The molecule has 1 saturated heterocycles. The van der Waals surface area contributed by atoms with Crippen LogP contribution in [0.25, 0.3) is 0 Å². The molecule has 1 N–H and O–H groups in total. The maximum absolute atomic E-state index is 13.6. The number of rotatable bonds is 5. The van der Waals surface area contributed by atoms with Gasteiger partial charge < -0.3 is 5.11 Å². The van der Waals surface area contributed by atoms with Crippen LogP contribution in [-0.2, 0) is 11.0 Å². The highest BCUT2D eigenvalue weighted by Gasteiger charge is 2.41. The Morgan fingerprint density at radius 2 is 1.85 bits per heavy atom. The van der Waals surface area contributed by atoms with Crippen LogP contribution in [0.15, 0.2) is 53.4 Å². The first kappa shape index (κ1) is 19.8. The van der Waals surface area contributed by atoms with Gasteiger partial charge in [0.25, 0.3) is 0 Å².